The number of aromatic amines is 1. The van der Waals surface area contributed by atoms with Gasteiger partial charge in [0.25, 0.3) is 0 Å². The summed E-state index contributed by atoms with van der Waals surface area (Å²) in [5, 5.41) is 0.618. The number of H-pyrrole nitrogens is 1. The summed E-state index contributed by atoms with van der Waals surface area (Å²) in [5.74, 6) is 0.849. The number of hydrogen-bond acceptors (Lipinski definition) is 3. The Morgan fingerprint density at radius 2 is 2.38 bits per heavy atom. The fourth-order valence-corrected chi connectivity index (χ4v) is 2.30. The second-order valence-corrected chi connectivity index (χ2v) is 4.45. The Morgan fingerprint density at radius 3 is 3.12 bits per heavy atom. The van der Waals surface area contributed by atoms with E-state index in [4.69, 9.17) is 22.1 Å². The second kappa shape index (κ2) is 3.64. The molecule has 0 aliphatic carbocycles. The van der Waals surface area contributed by atoms with Gasteiger partial charge in [-0.25, -0.2) is 4.98 Å². The van der Waals surface area contributed by atoms with E-state index in [-0.39, 0.29) is 6.10 Å². The summed E-state index contributed by atoms with van der Waals surface area (Å²) in [6.45, 7) is 0.804. The number of nitrogens with zero attached hydrogens (tertiary/aromatic N) is 1. The summed E-state index contributed by atoms with van der Waals surface area (Å²) in [5.41, 5.74) is 8.11. The predicted molar refractivity (Wildman–Crippen MR) is 63.4 cm³/mol. The van der Waals surface area contributed by atoms with E-state index in [2.05, 4.69) is 9.97 Å². The van der Waals surface area contributed by atoms with Gasteiger partial charge >= 0.3 is 0 Å². The van der Waals surface area contributed by atoms with Crippen molar-refractivity contribution >= 4 is 28.3 Å². The normalized spacial score (nSPS) is 20.7. The quantitative estimate of drug-likeness (QED) is 0.750. The maximum atomic E-state index is 5.93. The van der Waals surface area contributed by atoms with Crippen LogP contribution in [0.4, 0.5) is 5.69 Å². The zero-order valence-electron chi connectivity index (χ0n) is 8.66. The summed E-state index contributed by atoms with van der Waals surface area (Å²) in [4.78, 5) is 7.69. The lowest BCUT2D eigenvalue weighted by Gasteiger charge is -2.03. The zero-order valence-corrected chi connectivity index (χ0v) is 9.42. The molecule has 0 bridgehead atoms. The third kappa shape index (κ3) is 1.54. The van der Waals surface area contributed by atoms with E-state index in [9.17, 15) is 0 Å². The van der Waals surface area contributed by atoms with Crippen molar-refractivity contribution < 1.29 is 4.74 Å². The van der Waals surface area contributed by atoms with Gasteiger partial charge in [0.2, 0.25) is 0 Å². The average molecular weight is 238 g/mol. The number of aromatic nitrogens is 2. The number of nitrogens with one attached hydrogen (secondary N) is 1. The fourth-order valence-electron chi connectivity index (χ4n) is 2.07. The topological polar surface area (TPSA) is 63.9 Å². The van der Waals surface area contributed by atoms with Gasteiger partial charge in [-0.3, -0.25) is 0 Å². The summed E-state index contributed by atoms with van der Waals surface area (Å²) < 4.78 is 5.57. The molecule has 1 aliphatic heterocycles. The number of ether oxygens (including phenoxy) is 1. The first-order valence-electron chi connectivity index (χ1n) is 5.30. The van der Waals surface area contributed by atoms with Crippen LogP contribution in [0, 0.1) is 0 Å². The lowest BCUT2D eigenvalue weighted by molar-refractivity contribution is 0.106. The minimum Gasteiger partial charge on any atom is -0.397 e. The van der Waals surface area contributed by atoms with Gasteiger partial charge in [-0.1, -0.05) is 11.6 Å². The molecule has 1 atom stereocenters. The highest BCUT2D eigenvalue weighted by atomic mass is 35.5. The predicted octanol–water partition coefficient (Wildman–Crippen LogP) is 2.65. The molecule has 0 amide bonds. The minimum absolute atomic E-state index is 0.0746. The standard InChI is InChI=1S/C11H12ClN3O/c12-6-4-7(13)10-8(5-6)14-11(15-10)9-2-1-3-16-9/h4-5,9H,1-3,13H2,(H,14,15). The van der Waals surface area contributed by atoms with Gasteiger partial charge in [0.05, 0.1) is 11.2 Å². The van der Waals surface area contributed by atoms with Crippen LogP contribution in [0.25, 0.3) is 11.0 Å². The van der Waals surface area contributed by atoms with Crippen LogP contribution in [-0.4, -0.2) is 16.6 Å². The van der Waals surface area contributed by atoms with Crippen molar-refractivity contribution in [3.63, 3.8) is 0 Å². The van der Waals surface area contributed by atoms with E-state index >= 15 is 0 Å². The van der Waals surface area contributed by atoms with E-state index in [1.807, 2.05) is 6.07 Å². The van der Waals surface area contributed by atoms with E-state index in [0.717, 1.165) is 36.3 Å². The molecule has 84 valence electrons. The number of imidazole rings is 1. The number of hydrogen-bond donors (Lipinski definition) is 2. The second-order valence-electron chi connectivity index (χ2n) is 4.01. The molecule has 3 rings (SSSR count). The first-order valence-corrected chi connectivity index (χ1v) is 5.68. The van der Waals surface area contributed by atoms with Crippen molar-refractivity contribution in [2.24, 2.45) is 0 Å². The average Bonchev–Trinajstić information content (AvgIpc) is 2.82. The molecule has 1 aromatic carbocycles. The highest BCUT2D eigenvalue weighted by molar-refractivity contribution is 6.31. The van der Waals surface area contributed by atoms with Gasteiger partial charge in [-0.15, -0.1) is 0 Å². The summed E-state index contributed by atoms with van der Waals surface area (Å²) in [6.07, 6.45) is 2.16. The van der Waals surface area contributed by atoms with Crippen molar-refractivity contribution in [2.45, 2.75) is 18.9 Å². The molecular formula is C11H12ClN3O. The Balaban J connectivity index is 2.11. The van der Waals surface area contributed by atoms with E-state index in [0.29, 0.717) is 10.7 Å². The summed E-state index contributed by atoms with van der Waals surface area (Å²) in [7, 11) is 0. The van der Waals surface area contributed by atoms with E-state index < -0.39 is 0 Å². The number of anilines is 1. The van der Waals surface area contributed by atoms with Gasteiger partial charge in [-0.2, -0.15) is 0 Å². The van der Waals surface area contributed by atoms with Crippen LogP contribution in [0.3, 0.4) is 0 Å². The van der Waals surface area contributed by atoms with Crippen molar-refractivity contribution in [3.8, 4) is 0 Å². The Morgan fingerprint density at radius 1 is 1.50 bits per heavy atom. The van der Waals surface area contributed by atoms with Gasteiger partial charge in [0, 0.05) is 11.6 Å². The Kier molecular flexibility index (Phi) is 2.26. The number of rotatable bonds is 1. The highest BCUT2D eigenvalue weighted by Crippen LogP contribution is 2.30. The number of nitrogen functional groups attached to an aromatic ring is 1. The summed E-state index contributed by atoms with van der Waals surface area (Å²) in [6, 6.07) is 3.54. The first kappa shape index (κ1) is 9.93. The highest BCUT2D eigenvalue weighted by Gasteiger charge is 2.21. The molecule has 16 heavy (non-hydrogen) atoms. The Hall–Kier alpha value is -1.26. The minimum atomic E-state index is 0.0746. The van der Waals surface area contributed by atoms with Crippen LogP contribution in [0.15, 0.2) is 12.1 Å². The molecule has 0 spiro atoms. The Bertz CT molecular complexity index is 531. The van der Waals surface area contributed by atoms with Crippen LogP contribution in [-0.2, 0) is 4.74 Å². The third-order valence-corrected chi connectivity index (χ3v) is 3.05. The number of nitrogens with two attached hydrogens (primary N) is 1. The van der Waals surface area contributed by atoms with Crippen LogP contribution in [0.1, 0.15) is 24.8 Å². The largest absolute Gasteiger partial charge is 0.397 e. The van der Waals surface area contributed by atoms with Gasteiger partial charge in [-0.05, 0) is 25.0 Å². The van der Waals surface area contributed by atoms with E-state index in [1.54, 1.807) is 6.07 Å². The molecular weight excluding hydrogens is 226 g/mol. The summed E-state index contributed by atoms with van der Waals surface area (Å²) >= 11 is 5.93. The molecule has 0 radical (unpaired) electrons. The van der Waals surface area contributed by atoms with Crippen LogP contribution >= 0.6 is 11.6 Å². The molecule has 2 heterocycles. The van der Waals surface area contributed by atoms with Gasteiger partial charge in [0.1, 0.15) is 17.4 Å². The molecule has 1 aliphatic rings. The van der Waals surface area contributed by atoms with Crippen LogP contribution in [0.2, 0.25) is 5.02 Å². The fraction of sp³-hybridized carbons (Fsp3) is 0.364. The Labute approximate surface area is 97.8 Å². The maximum Gasteiger partial charge on any atom is 0.136 e. The number of benzene rings is 1. The van der Waals surface area contributed by atoms with Crippen molar-refractivity contribution in [2.75, 3.05) is 12.3 Å². The monoisotopic (exact) mass is 237 g/mol. The molecule has 4 nitrogen and oxygen atoms in total. The lowest BCUT2D eigenvalue weighted by atomic mass is 10.2. The van der Waals surface area contributed by atoms with Gasteiger partial charge in [0.15, 0.2) is 0 Å². The number of fused-ring (bicyclic) bond motifs is 1. The lowest BCUT2D eigenvalue weighted by Crippen LogP contribution is -1.97. The molecule has 3 N–H and O–H groups in total. The van der Waals surface area contributed by atoms with Gasteiger partial charge < -0.3 is 15.5 Å². The smallest absolute Gasteiger partial charge is 0.136 e. The molecule has 0 saturated carbocycles. The number of halogens is 1. The molecule has 1 fully saturated rings. The third-order valence-electron chi connectivity index (χ3n) is 2.83. The van der Waals surface area contributed by atoms with E-state index in [1.165, 1.54) is 0 Å². The van der Waals surface area contributed by atoms with Crippen molar-refractivity contribution in [1.29, 1.82) is 0 Å². The maximum absolute atomic E-state index is 5.93. The molecule has 1 saturated heterocycles. The van der Waals surface area contributed by atoms with Crippen LogP contribution < -0.4 is 5.73 Å². The van der Waals surface area contributed by atoms with Crippen LogP contribution in [0.5, 0.6) is 0 Å². The molecule has 1 unspecified atom stereocenters. The van der Waals surface area contributed by atoms with Crippen molar-refractivity contribution in [1.82, 2.24) is 9.97 Å². The molecule has 5 heteroatoms. The SMILES string of the molecule is Nc1cc(Cl)cc2[nH]c(C3CCCO3)nc12. The zero-order chi connectivity index (χ0) is 11.1. The molecule has 1 aromatic heterocycles. The van der Waals surface area contributed by atoms with Crippen molar-refractivity contribution in [3.05, 3.63) is 23.0 Å². The first-order chi connectivity index (χ1) is 7.74. The molecule has 2 aromatic rings.